The fourth-order valence-electron chi connectivity index (χ4n) is 0.856. The van der Waals surface area contributed by atoms with Crippen LogP contribution in [0.3, 0.4) is 0 Å². The van der Waals surface area contributed by atoms with Gasteiger partial charge in [0.15, 0.2) is 0 Å². The zero-order valence-electron chi connectivity index (χ0n) is 8.34. The van der Waals surface area contributed by atoms with Gasteiger partial charge in [-0.15, -0.1) is 0 Å². The normalized spacial score (nSPS) is 8.56. The third kappa shape index (κ3) is 4.75. The van der Waals surface area contributed by atoms with Crippen molar-refractivity contribution in [2.45, 2.75) is 6.92 Å². The molecule has 1 aromatic rings. The number of hydrogen-bond acceptors (Lipinski definition) is 4. The summed E-state index contributed by atoms with van der Waals surface area (Å²) in [7, 11) is 0. The molecule has 0 amide bonds. The summed E-state index contributed by atoms with van der Waals surface area (Å²) in [6.07, 6.45) is 0. The fraction of sp³-hybridized carbons (Fsp3) is 0.100. The molecular formula is C10H9O6-. The maximum atomic E-state index is 10.5. The van der Waals surface area contributed by atoms with Gasteiger partial charge in [0, 0.05) is 5.97 Å². The lowest BCUT2D eigenvalue weighted by molar-refractivity contribution is -0.302. The van der Waals surface area contributed by atoms with Crippen LogP contribution < -0.4 is 5.11 Å². The molecule has 0 bridgehead atoms. The van der Waals surface area contributed by atoms with Crippen LogP contribution in [0.25, 0.3) is 0 Å². The highest BCUT2D eigenvalue weighted by Gasteiger charge is 2.13. The summed E-state index contributed by atoms with van der Waals surface area (Å²) >= 11 is 0. The smallest absolute Gasteiger partial charge is 0.336 e. The van der Waals surface area contributed by atoms with Crippen LogP contribution in [0.4, 0.5) is 0 Å². The first-order valence-electron chi connectivity index (χ1n) is 4.09. The summed E-state index contributed by atoms with van der Waals surface area (Å²) in [5.74, 6) is -3.54. The third-order valence-electron chi connectivity index (χ3n) is 1.39. The van der Waals surface area contributed by atoms with Crippen LogP contribution in [-0.4, -0.2) is 28.1 Å². The van der Waals surface area contributed by atoms with Gasteiger partial charge < -0.3 is 20.1 Å². The van der Waals surface area contributed by atoms with E-state index in [1.165, 1.54) is 24.3 Å². The van der Waals surface area contributed by atoms with Crippen LogP contribution in [0.2, 0.25) is 0 Å². The van der Waals surface area contributed by atoms with E-state index in [1.807, 2.05) is 0 Å². The van der Waals surface area contributed by atoms with Crippen LogP contribution in [0, 0.1) is 0 Å². The quantitative estimate of drug-likeness (QED) is 0.722. The predicted molar refractivity (Wildman–Crippen MR) is 51.0 cm³/mol. The van der Waals surface area contributed by atoms with Crippen molar-refractivity contribution in [3.05, 3.63) is 35.4 Å². The Morgan fingerprint density at radius 1 is 1.00 bits per heavy atom. The molecule has 0 aromatic heterocycles. The third-order valence-corrected chi connectivity index (χ3v) is 1.39. The second-order valence-corrected chi connectivity index (χ2v) is 2.65. The van der Waals surface area contributed by atoms with Gasteiger partial charge in [-0.1, -0.05) is 12.1 Å². The molecule has 2 N–H and O–H groups in total. The average Bonchev–Trinajstić information content (AvgIpc) is 2.16. The van der Waals surface area contributed by atoms with E-state index in [0.717, 1.165) is 6.92 Å². The lowest BCUT2D eigenvalue weighted by atomic mass is 10.1. The van der Waals surface area contributed by atoms with Crippen molar-refractivity contribution in [1.29, 1.82) is 0 Å². The van der Waals surface area contributed by atoms with Crippen molar-refractivity contribution in [2.75, 3.05) is 0 Å². The predicted octanol–water partition coefficient (Wildman–Crippen LogP) is -0.161. The number of hydrogen-bond donors (Lipinski definition) is 2. The fourth-order valence-corrected chi connectivity index (χ4v) is 0.856. The van der Waals surface area contributed by atoms with Crippen molar-refractivity contribution in [3.63, 3.8) is 0 Å². The summed E-state index contributed by atoms with van der Waals surface area (Å²) in [5, 5.41) is 26.0. The van der Waals surface area contributed by atoms with E-state index in [0.29, 0.717) is 0 Å². The molecule has 6 nitrogen and oxygen atoms in total. The largest absolute Gasteiger partial charge is 0.550 e. The van der Waals surface area contributed by atoms with Crippen LogP contribution >= 0.6 is 0 Å². The Hall–Kier alpha value is -2.37. The van der Waals surface area contributed by atoms with E-state index >= 15 is 0 Å². The number of aromatic carboxylic acids is 2. The van der Waals surface area contributed by atoms with Gasteiger partial charge in [-0.3, -0.25) is 0 Å². The van der Waals surface area contributed by atoms with Crippen LogP contribution in [0.1, 0.15) is 27.6 Å². The molecule has 0 fully saturated rings. The Balaban J connectivity index is 0.000000487. The molecule has 6 heteroatoms. The Morgan fingerprint density at radius 2 is 1.25 bits per heavy atom. The Bertz CT molecular complexity index is 373. The van der Waals surface area contributed by atoms with Gasteiger partial charge in [-0.05, 0) is 19.1 Å². The van der Waals surface area contributed by atoms with Crippen molar-refractivity contribution in [2.24, 2.45) is 0 Å². The highest BCUT2D eigenvalue weighted by Crippen LogP contribution is 2.07. The molecule has 0 radical (unpaired) electrons. The molecule has 0 saturated carbocycles. The first-order valence-corrected chi connectivity index (χ1v) is 4.09. The minimum absolute atomic E-state index is 0.190. The Labute approximate surface area is 90.8 Å². The summed E-state index contributed by atoms with van der Waals surface area (Å²) in [5.41, 5.74) is -0.380. The monoisotopic (exact) mass is 225 g/mol. The SMILES string of the molecule is CC(=O)[O-].O=C(O)c1ccccc1C(=O)O. The van der Waals surface area contributed by atoms with E-state index in [-0.39, 0.29) is 11.1 Å². The van der Waals surface area contributed by atoms with Crippen molar-refractivity contribution in [1.82, 2.24) is 0 Å². The van der Waals surface area contributed by atoms with Gasteiger partial charge in [0.1, 0.15) is 0 Å². The second kappa shape index (κ2) is 6.18. The molecule has 0 unspecified atom stereocenters. The maximum Gasteiger partial charge on any atom is 0.336 e. The topological polar surface area (TPSA) is 115 Å². The van der Waals surface area contributed by atoms with Gasteiger partial charge in [-0.25, -0.2) is 9.59 Å². The molecule has 86 valence electrons. The number of carbonyl (C=O) groups excluding carboxylic acids is 1. The summed E-state index contributed by atoms with van der Waals surface area (Å²) in [4.78, 5) is 29.8. The lowest BCUT2D eigenvalue weighted by Crippen LogP contribution is -2.16. The second-order valence-electron chi connectivity index (χ2n) is 2.65. The molecule has 0 saturated heterocycles. The number of rotatable bonds is 2. The summed E-state index contributed by atoms with van der Waals surface area (Å²) in [6.45, 7) is 0.972. The molecule has 1 aromatic carbocycles. The molecule has 0 aliphatic carbocycles. The van der Waals surface area contributed by atoms with Crippen molar-refractivity contribution < 1.29 is 29.7 Å². The summed E-state index contributed by atoms with van der Waals surface area (Å²) in [6, 6.07) is 5.48. The van der Waals surface area contributed by atoms with Crippen molar-refractivity contribution in [3.8, 4) is 0 Å². The number of benzene rings is 1. The number of carbonyl (C=O) groups is 3. The van der Waals surface area contributed by atoms with Crippen LogP contribution in [-0.2, 0) is 4.79 Å². The maximum absolute atomic E-state index is 10.5. The number of carboxylic acids is 3. The lowest BCUT2D eigenvalue weighted by Gasteiger charge is -1.98. The molecule has 0 aliphatic rings. The molecule has 0 aliphatic heterocycles. The van der Waals surface area contributed by atoms with Gasteiger partial charge in [-0.2, -0.15) is 0 Å². The zero-order valence-corrected chi connectivity index (χ0v) is 8.34. The minimum atomic E-state index is -1.23. The van der Waals surface area contributed by atoms with Crippen molar-refractivity contribution >= 4 is 17.9 Å². The first kappa shape index (κ1) is 13.6. The molecular weight excluding hydrogens is 216 g/mol. The molecule has 0 spiro atoms. The average molecular weight is 225 g/mol. The highest BCUT2D eigenvalue weighted by molar-refractivity contribution is 6.01. The van der Waals surface area contributed by atoms with Crippen LogP contribution in [0.5, 0.6) is 0 Å². The van der Waals surface area contributed by atoms with E-state index in [4.69, 9.17) is 20.1 Å². The van der Waals surface area contributed by atoms with Gasteiger partial charge in [0.2, 0.25) is 0 Å². The Morgan fingerprint density at radius 3 is 1.44 bits per heavy atom. The standard InChI is InChI=1S/C8H6O4.C2H4O2/c9-7(10)5-3-1-2-4-6(5)8(11)12;1-2(3)4/h1-4H,(H,9,10)(H,11,12);1H3,(H,3,4)/p-1. The molecule has 16 heavy (non-hydrogen) atoms. The molecule has 0 heterocycles. The highest BCUT2D eigenvalue weighted by atomic mass is 16.4. The first-order chi connectivity index (χ1) is 7.36. The summed E-state index contributed by atoms with van der Waals surface area (Å²) < 4.78 is 0. The molecule has 0 atom stereocenters. The number of aliphatic carboxylic acids is 1. The zero-order chi connectivity index (χ0) is 12.7. The van der Waals surface area contributed by atoms with Gasteiger partial charge >= 0.3 is 11.9 Å². The van der Waals surface area contributed by atoms with E-state index in [9.17, 15) is 9.59 Å². The van der Waals surface area contributed by atoms with E-state index in [2.05, 4.69) is 0 Å². The molecule has 1 rings (SSSR count). The van der Waals surface area contributed by atoms with E-state index < -0.39 is 17.9 Å². The van der Waals surface area contributed by atoms with Gasteiger partial charge in [0.05, 0.1) is 11.1 Å². The van der Waals surface area contributed by atoms with Crippen LogP contribution in [0.15, 0.2) is 24.3 Å². The van der Waals surface area contributed by atoms with E-state index in [1.54, 1.807) is 0 Å². The Kier molecular flexibility index (Phi) is 5.26. The van der Waals surface area contributed by atoms with Gasteiger partial charge in [0.25, 0.3) is 0 Å². The minimum Gasteiger partial charge on any atom is -0.550 e. The number of carboxylic acid groups (broad SMARTS) is 3.